The summed E-state index contributed by atoms with van der Waals surface area (Å²) in [7, 11) is 0. The summed E-state index contributed by atoms with van der Waals surface area (Å²) < 4.78 is 3.93. The SMILES string of the molecule is CC(C)(Br)C(=O)OC(c1ccccc1)[N+](=O)[O-]. The molecule has 0 saturated heterocycles. The van der Waals surface area contributed by atoms with E-state index in [-0.39, 0.29) is 0 Å². The number of hydrogen-bond acceptors (Lipinski definition) is 4. The quantitative estimate of drug-likeness (QED) is 0.282. The van der Waals surface area contributed by atoms with Gasteiger partial charge in [-0.2, -0.15) is 0 Å². The van der Waals surface area contributed by atoms with E-state index in [1.54, 1.807) is 44.2 Å². The average Bonchev–Trinajstić information content (AvgIpc) is 2.25. The number of nitrogens with zero attached hydrogens (tertiary/aromatic N) is 1. The van der Waals surface area contributed by atoms with Gasteiger partial charge < -0.3 is 4.74 Å². The Bertz CT molecular complexity index is 413. The summed E-state index contributed by atoms with van der Waals surface area (Å²) in [6.07, 6.45) is -1.47. The first kappa shape index (κ1) is 13.6. The van der Waals surface area contributed by atoms with Crippen LogP contribution in [0.2, 0.25) is 0 Å². The first-order chi connectivity index (χ1) is 7.82. The molecule has 0 fully saturated rings. The number of hydrogen-bond donors (Lipinski definition) is 0. The van der Waals surface area contributed by atoms with Gasteiger partial charge >= 0.3 is 12.2 Å². The van der Waals surface area contributed by atoms with Gasteiger partial charge in [-0.1, -0.05) is 34.1 Å². The Morgan fingerprint density at radius 2 is 1.94 bits per heavy atom. The maximum atomic E-state index is 11.6. The maximum Gasteiger partial charge on any atom is 0.382 e. The molecular formula is C11H12BrNO4. The molecule has 1 rings (SSSR count). The number of halogens is 1. The van der Waals surface area contributed by atoms with Crippen molar-refractivity contribution in [2.24, 2.45) is 0 Å². The van der Waals surface area contributed by atoms with Crippen LogP contribution in [0.1, 0.15) is 25.6 Å². The Balaban J connectivity index is 2.90. The summed E-state index contributed by atoms with van der Waals surface area (Å²) in [4.78, 5) is 21.8. The van der Waals surface area contributed by atoms with Gasteiger partial charge in [0.05, 0.1) is 10.5 Å². The average molecular weight is 302 g/mol. The highest BCUT2D eigenvalue weighted by molar-refractivity contribution is 9.10. The van der Waals surface area contributed by atoms with Crippen LogP contribution in [0.4, 0.5) is 0 Å². The minimum Gasteiger partial charge on any atom is -0.393 e. The van der Waals surface area contributed by atoms with Crippen LogP contribution in [0, 0.1) is 10.1 Å². The number of esters is 1. The molecule has 1 atom stereocenters. The number of alkyl halides is 1. The zero-order valence-electron chi connectivity index (χ0n) is 9.42. The molecule has 0 aliphatic heterocycles. The summed E-state index contributed by atoms with van der Waals surface area (Å²) in [5.41, 5.74) is 0.336. The second kappa shape index (κ2) is 5.27. The van der Waals surface area contributed by atoms with E-state index in [4.69, 9.17) is 4.74 Å². The van der Waals surface area contributed by atoms with Crippen LogP contribution in [0.15, 0.2) is 30.3 Å². The highest BCUT2D eigenvalue weighted by Crippen LogP contribution is 2.24. The van der Waals surface area contributed by atoms with Crippen molar-refractivity contribution in [3.05, 3.63) is 46.0 Å². The largest absolute Gasteiger partial charge is 0.393 e. The molecule has 0 aliphatic rings. The Hall–Kier alpha value is -1.43. The van der Waals surface area contributed by atoms with Gasteiger partial charge in [-0.25, -0.2) is 0 Å². The zero-order chi connectivity index (χ0) is 13.1. The van der Waals surface area contributed by atoms with Crippen molar-refractivity contribution < 1.29 is 14.5 Å². The van der Waals surface area contributed by atoms with Gasteiger partial charge in [0.15, 0.2) is 0 Å². The van der Waals surface area contributed by atoms with E-state index in [9.17, 15) is 14.9 Å². The normalized spacial score (nSPS) is 12.9. The summed E-state index contributed by atoms with van der Waals surface area (Å²) in [6.45, 7) is 3.13. The lowest BCUT2D eigenvalue weighted by molar-refractivity contribution is -0.576. The van der Waals surface area contributed by atoms with E-state index < -0.39 is 21.4 Å². The molecule has 6 heteroatoms. The van der Waals surface area contributed by atoms with Crippen LogP contribution in [-0.2, 0) is 9.53 Å². The van der Waals surface area contributed by atoms with Crippen LogP contribution < -0.4 is 0 Å². The van der Waals surface area contributed by atoms with Crippen molar-refractivity contribution in [3.8, 4) is 0 Å². The van der Waals surface area contributed by atoms with E-state index in [2.05, 4.69) is 15.9 Å². The number of rotatable bonds is 4. The Kier molecular flexibility index (Phi) is 4.22. The highest BCUT2D eigenvalue weighted by atomic mass is 79.9. The molecule has 0 radical (unpaired) electrons. The van der Waals surface area contributed by atoms with Gasteiger partial charge in [0.2, 0.25) is 0 Å². The third kappa shape index (κ3) is 3.81. The topological polar surface area (TPSA) is 69.4 Å². The van der Waals surface area contributed by atoms with Crippen molar-refractivity contribution in [2.75, 3.05) is 0 Å². The van der Waals surface area contributed by atoms with Gasteiger partial charge in [0.1, 0.15) is 4.32 Å². The van der Waals surface area contributed by atoms with Crippen molar-refractivity contribution in [1.82, 2.24) is 0 Å². The summed E-state index contributed by atoms with van der Waals surface area (Å²) >= 11 is 3.10. The molecule has 0 heterocycles. The van der Waals surface area contributed by atoms with E-state index in [1.165, 1.54) is 0 Å². The van der Waals surface area contributed by atoms with Gasteiger partial charge in [-0.3, -0.25) is 14.9 Å². The third-order valence-corrected chi connectivity index (χ3v) is 2.30. The smallest absolute Gasteiger partial charge is 0.382 e. The molecule has 0 bridgehead atoms. The lowest BCUT2D eigenvalue weighted by atomic mass is 10.2. The van der Waals surface area contributed by atoms with Crippen molar-refractivity contribution in [3.63, 3.8) is 0 Å². The molecule has 5 nitrogen and oxygen atoms in total. The van der Waals surface area contributed by atoms with Gasteiger partial charge in [0.25, 0.3) is 0 Å². The van der Waals surface area contributed by atoms with Gasteiger partial charge in [-0.05, 0) is 26.0 Å². The Labute approximate surface area is 107 Å². The molecule has 1 aromatic carbocycles. The number of ether oxygens (including phenoxy) is 1. The Morgan fingerprint density at radius 3 is 2.35 bits per heavy atom. The minimum atomic E-state index is -1.47. The standard InChI is InChI=1S/C11H12BrNO4/c1-11(2,12)10(14)17-9(13(15)16)8-6-4-3-5-7-8/h3-7,9H,1-2H3. The molecule has 1 aromatic rings. The molecule has 0 amide bonds. The number of nitro groups is 1. The van der Waals surface area contributed by atoms with Gasteiger partial charge in [0, 0.05) is 0 Å². The molecule has 0 aliphatic carbocycles. The second-order valence-electron chi connectivity index (χ2n) is 3.93. The van der Waals surface area contributed by atoms with Crippen molar-refractivity contribution in [2.45, 2.75) is 24.4 Å². The molecule has 0 aromatic heterocycles. The maximum absolute atomic E-state index is 11.6. The van der Waals surface area contributed by atoms with Gasteiger partial charge in [-0.15, -0.1) is 0 Å². The molecule has 92 valence electrons. The first-order valence-corrected chi connectivity index (χ1v) is 5.70. The lowest BCUT2D eigenvalue weighted by Crippen LogP contribution is -2.30. The highest BCUT2D eigenvalue weighted by Gasteiger charge is 2.34. The fourth-order valence-electron chi connectivity index (χ4n) is 1.09. The molecule has 0 spiro atoms. The van der Waals surface area contributed by atoms with E-state index in [0.29, 0.717) is 5.56 Å². The zero-order valence-corrected chi connectivity index (χ0v) is 11.0. The second-order valence-corrected chi connectivity index (χ2v) is 5.91. The monoisotopic (exact) mass is 301 g/mol. The van der Waals surface area contributed by atoms with Crippen molar-refractivity contribution >= 4 is 21.9 Å². The van der Waals surface area contributed by atoms with Crippen LogP contribution in [0.25, 0.3) is 0 Å². The number of carbonyl (C=O) groups excluding carboxylic acids is 1. The predicted octanol–water partition coefficient (Wildman–Crippen LogP) is 2.68. The predicted molar refractivity (Wildman–Crippen MR) is 65.3 cm³/mol. The molecule has 0 saturated carbocycles. The van der Waals surface area contributed by atoms with E-state index >= 15 is 0 Å². The molecule has 17 heavy (non-hydrogen) atoms. The summed E-state index contributed by atoms with van der Waals surface area (Å²) in [5, 5.41) is 10.9. The molecular weight excluding hydrogens is 290 g/mol. The minimum absolute atomic E-state index is 0.336. The van der Waals surface area contributed by atoms with Crippen LogP contribution in [0.3, 0.4) is 0 Å². The lowest BCUT2D eigenvalue weighted by Gasteiger charge is -2.17. The third-order valence-electron chi connectivity index (χ3n) is 1.98. The molecule has 1 unspecified atom stereocenters. The first-order valence-electron chi connectivity index (χ1n) is 4.91. The molecule has 0 N–H and O–H groups in total. The summed E-state index contributed by atoms with van der Waals surface area (Å²) in [6, 6.07) is 8.12. The fourth-order valence-corrected chi connectivity index (χ4v) is 1.19. The van der Waals surface area contributed by atoms with E-state index in [0.717, 1.165) is 0 Å². The van der Waals surface area contributed by atoms with Crippen LogP contribution in [0.5, 0.6) is 0 Å². The van der Waals surface area contributed by atoms with Crippen LogP contribution >= 0.6 is 15.9 Å². The number of benzene rings is 1. The fraction of sp³-hybridized carbons (Fsp3) is 0.364. The van der Waals surface area contributed by atoms with E-state index in [1.807, 2.05) is 0 Å². The van der Waals surface area contributed by atoms with Crippen LogP contribution in [-0.4, -0.2) is 15.2 Å². The van der Waals surface area contributed by atoms with Crippen molar-refractivity contribution in [1.29, 1.82) is 0 Å². The number of carbonyl (C=O) groups is 1. The summed E-state index contributed by atoms with van der Waals surface area (Å²) in [5.74, 6) is -0.678. The Morgan fingerprint density at radius 1 is 1.41 bits per heavy atom.